The summed E-state index contributed by atoms with van der Waals surface area (Å²) in [4.78, 5) is 10.5. The van der Waals surface area contributed by atoms with Crippen LogP contribution in [0, 0.1) is 0 Å². The molecule has 88 valence electrons. The van der Waals surface area contributed by atoms with Crippen molar-refractivity contribution in [1.82, 2.24) is 0 Å². The Morgan fingerprint density at radius 2 is 1.53 bits per heavy atom. The summed E-state index contributed by atoms with van der Waals surface area (Å²) in [6.07, 6.45) is -13.6. The molecule has 9 heteroatoms. The number of hydrogen-bond acceptors (Lipinski definition) is 3. The predicted octanol–water partition coefficient (Wildman–Crippen LogP) is 1.77. The predicted molar refractivity (Wildman–Crippen MR) is 31.5 cm³/mol. The second-order valence-corrected chi connectivity index (χ2v) is 2.79. The summed E-state index contributed by atoms with van der Waals surface area (Å²) in [6, 6.07) is 0. The van der Waals surface area contributed by atoms with E-state index in [-0.39, 0.29) is 0 Å². The number of rotatable bonds is 0. The van der Waals surface area contributed by atoms with Gasteiger partial charge in [0.1, 0.15) is 0 Å². The summed E-state index contributed by atoms with van der Waals surface area (Å²) >= 11 is 0. The molecule has 1 heterocycles. The van der Waals surface area contributed by atoms with E-state index in [1.54, 1.807) is 0 Å². The van der Waals surface area contributed by atoms with E-state index in [0.717, 1.165) is 6.92 Å². The van der Waals surface area contributed by atoms with Crippen LogP contribution in [-0.2, 0) is 14.3 Å². The molecule has 0 bridgehead atoms. The van der Waals surface area contributed by atoms with Crippen molar-refractivity contribution in [2.75, 3.05) is 0 Å². The summed E-state index contributed by atoms with van der Waals surface area (Å²) < 4.78 is 79.7. The van der Waals surface area contributed by atoms with E-state index in [0.29, 0.717) is 0 Å². The van der Waals surface area contributed by atoms with Gasteiger partial charge in [-0.25, -0.2) is 4.79 Å². The third kappa shape index (κ3) is 1.64. The topological polar surface area (TPSA) is 35.5 Å². The number of ether oxygens (including phenoxy) is 2. The highest BCUT2D eigenvalue weighted by molar-refractivity contribution is 5.76. The fraction of sp³-hybridized carbons (Fsp3) is 0.833. The lowest BCUT2D eigenvalue weighted by molar-refractivity contribution is -0.438. The molecule has 0 saturated carbocycles. The minimum Gasteiger partial charge on any atom is -0.414 e. The lowest BCUT2D eigenvalue weighted by atomic mass is 10.2. The van der Waals surface area contributed by atoms with Crippen molar-refractivity contribution in [3.63, 3.8) is 0 Å². The van der Waals surface area contributed by atoms with Gasteiger partial charge in [0.05, 0.1) is 0 Å². The van der Waals surface area contributed by atoms with Crippen molar-refractivity contribution >= 4 is 5.97 Å². The van der Waals surface area contributed by atoms with E-state index in [4.69, 9.17) is 0 Å². The second-order valence-electron chi connectivity index (χ2n) is 2.79. The average Bonchev–Trinajstić information content (AvgIpc) is 2.26. The molecule has 1 fully saturated rings. The van der Waals surface area contributed by atoms with Crippen molar-refractivity contribution in [1.29, 1.82) is 0 Å². The molecule has 0 N–H and O–H groups in total. The molecule has 1 saturated heterocycles. The number of hydrogen-bond donors (Lipinski definition) is 0. The summed E-state index contributed by atoms with van der Waals surface area (Å²) in [5, 5.41) is 0. The zero-order valence-electron chi connectivity index (χ0n) is 7.07. The maximum atomic E-state index is 12.1. The first-order valence-electron chi connectivity index (χ1n) is 3.55. The third-order valence-electron chi connectivity index (χ3n) is 1.67. The van der Waals surface area contributed by atoms with Crippen LogP contribution in [0.3, 0.4) is 0 Å². The summed E-state index contributed by atoms with van der Waals surface area (Å²) in [5.41, 5.74) is 0. The van der Waals surface area contributed by atoms with Crippen LogP contribution in [0.4, 0.5) is 26.3 Å². The molecule has 15 heavy (non-hydrogen) atoms. The fourth-order valence-electron chi connectivity index (χ4n) is 0.956. The van der Waals surface area contributed by atoms with E-state index < -0.39 is 30.2 Å². The van der Waals surface area contributed by atoms with E-state index >= 15 is 0 Å². The minimum absolute atomic E-state index is 0.738. The Morgan fingerprint density at radius 3 is 1.67 bits per heavy atom. The number of carbonyl (C=O) groups is 1. The molecule has 0 aromatic carbocycles. The fourth-order valence-corrected chi connectivity index (χ4v) is 0.956. The first-order chi connectivity index (χ1) is 6.51. The zero-order valence-corrected chi connectivity index (χ0v) is 7.07. The van der Waals surface area contributed by atoms with Gasteiger partial charge in [0, 0.05) is 0 Å². The number of carbonyl (C=O) groups excluding carboxylic acids is 1. The Morgan fingerprint density at radius 1 is 1.13 bits per heavy atom. The SMILES string of the molecule is CC1OC(C(F)(F)F)(C(F)(F)F)OC1=O. The summed E-state index contributed by atoms with van der Waals surface area (Å²) in [5.74, 6) is -6.54. The number of alkyl halides is 6. The molecule has 1 aliphatic heterocycles. The largest absolute Gasteiger partial charge is 0.465 e. The second kappa shape index (κ2) is 3.00. The Bertz CT molecular complexity index is 266. The maximum Gasteiger partial charge on any atom is 0.465 e. The molecule has 1 aliphatic rings. The smallest absolute Gasteiger partial charge is 0.414 e. The van der Waals surface area contributed by atoms with E-state index in [1.807, 2.05) is 0 Å². The zero-order chi connectivity index (χ0) is 12.1. The first kappa shape index (κ1) is 12.1. The van der Waals surface area contributed by atoms with Gasteiger partial charge in [-0.1, -0.05) is 0 Å². The third-order valence-corrected chi connectivity index (χ3v) is 1.67. The average molecular weight is 238 g/mol. The Kier molecular flexibility index (Phi) is 2.42. The van der Waals surface area contributed by atoms with E-state index in [1.165, 1.54) is 0 Å². The van der Waals surface area contributed by atoms with Crippen molar-refractivity contribution in [2.45, 2.75) is 31.2 Å². The Balaban J connectivity index is 3.18. The molecule has 1 unspecified atom stereocenters. The van der Waals surface area contributed by atoms with Gasteiger partial charge in [0.15, 0.2) is 6.10 Å². The van der Waals surface area contributed by atoms with Crippen LogP contribution in [0.15, 0.2) is 0 Å². The van der Waals surface area contributed by atoms with Crippen LogP contribution in [0.2, 0.25) is 0 Å². The highest BCUT2D eigenvalue weighted by atomic mass is 19.4. The number of esters is 1. The molecule has 0 aromatic heterocycles. The van der Waals surface area contributed by atoms with E-state index in [2.05, 4.69) is 9.47 Å². The van der Waals surface area contributed by atoms with Crippen LogP contribution in [0.25, 0.3) is 0 Å². The van der Waals surface area contributed by atoms with Crippen LogP contribution < -0.4 is 0 Å². The molecule has 0 amide bonds. The molecule has 0 spiro atoms. The van der Waals surface area contributed by atoms with Crippen molar-refractivity contribution < 1.29 is 40.6 Å². The number of halogens is 6. The minimum atomic E-state index is -5.87. The van der Waals surface area contributed by atoms with Crippen molar-refractivity contribution in [3.8, 4) is 0 Å². The molecular formula is C6H4F6O3. The normalized spacial score (nSPS) is 26.6. The van der Waals surface area contributed by atoms with Gasteiger partial charge in [-0.3, -0.25) is 0 Å². The monoisotopic (exact) mass is 238 g/mol. The van der Waals surface area contributed by atoms with Gasteiger partial charge in [-0.2, -0.15) is 26.3 Å². The highest BCUT2D eigenvalue weighted by Crippen LogP contribution is 2.50. The lowest BCUT2D eigenvalue weighted by Gasteiger charge is -2.30. The molecule has 0 aliphatic carbocycles. The molecule has 0 radical (unpaired) electrons. The van der Waals surface area contributed by atoms with Crippen LogP contribution >= 0.6 is 0 Å². The molecular weight excluding hydrogens is 234 g/mol. The van der Waals surface area contributed by atoms with Gasteiger partial charge in [-0.05, 0) is 6.92 Å². The van der Waals surface area contributed by atoms with Gasteiger partial charge in [-0.15, -0.1) is 0 Å². The Labute approximate surface area is 78.9 Å². The summed E-state index contributed by atoms with van der Waals surface area (Å²) in [6.45, 7) is 0.738. The first-order valence-corrected chi connectivity index (χ1v) is 3.55. The lowest BCUT2D eigenvalue weighted by Crippen LogP contribution is -2.58. The van der Waals surface area contributed by atoms with Crippen LogP contribution in [0.1, 0.15) is 6.92 Å². The van der Waals surface area contributed by atoms with Gasteiger partial charge < -0.3 is 9.47 Å². The van der Waals surface area contributed by atoms with Gasteiger partial charge in [0.25, 0.3) is 0 Å². The molecule has 3 nitrogen and oxygen atoms in total. The molecule has 1 atom stereocenters. The summed E-state index contributed by atoms with van der Waals surface area (Å²) in [7, 11) is 0. The maximum absolute atomic E-state index is 12.1. The quantitative estimate of drug-likeness (QED) is 0.476. The van der Waals surface area contributed by atoms with Crippen molar-refractivity contribution in [2.24, 2.45) is 0 Å². The Hall–Kier alpha value is -0.990. The van der Waals surface area contributed by atoms with Crippen LogP contribution in [0.5, 0.6) is 0 Å². The van der Waals surface area contributed by atoms with Gasteiger partial charge in [0.2, 0.25) is 0 Å². The molecule has 0 aromatic rings. The van der Waals surface area contributed by atoms with Gasteiger partial charge >= 0.3 is 24.1 Å². The van der Waals surface area contributed by atoms with E-state index in [9.17, 15) is 31.1 Å². The molecule has 1 rings (SSSR count). The van der Waals surface area contributed by atoms with Crippen molar-refractivity contribution in [3.05, 3.63) is 0 Å². The number of cyclic esters (lactones) is 1. The van der Waals surface area contributed by atoms with Crippen LogP contribution in [-0.4, -0.2) is 30.2 Å². The standard InChI is InChI=1S/C6H4F6O3/c1-2-3(13)15-4(14-2,5(7,8)9)6(10,11)12/h2H,1H3. The highest BCUT2D eigenvalue weighted by Gasteiger charge is 2.79.